The maximum atomic E-state index is 15.6. The summed E-state index contributed by atoms with van der Waals surface area (Å²) in [6.45, 7) is 7.46. The Morgan fingerprint density at radius 3 is 1.59 bits per heavy atom. The average molecular weight is 545 g/mol. The number of ether oxygens (including phenoxy) is 2. The molecule has 1 aliphatic heterocycles. The summed E-state index contributed by atoms with van der Waals surface area (Å²) in [5.74, 6) is 0.318. The summed E-state index contributed by atoms with van der Waals surface area (Å²) in [5.41, 5.74) is -1.51. The van der Waals surface area contributed by atoms with Gasteiger partial charge in [0.1, 0.15) is 17.3 Å². The summed E-state index contributed by atoms with van der Waals surface area (Å²) in [6, 6.07) is 16.2. The zero-order valence-electron chi connectivity index (χ0n) is 22.9. The molecule has 0 unspecified atom stereocenters. The van der Waals surface area contributed by atoms with Crippen molar-refractivity contribution < 1.29 is 36.3 Å². The van der Waals surface area contributed by atoms with Crippen molar-refractivity contribution in [1.82, 2.24) is 0 Å². The Morgan fingerprint density at radius 2 is 1.21 bits per heavy atom. The molecule has 0 saturated carbocycles. The SMILES string of the molecule is COc1ccc(CN(Cc2ccc(OC)cc2)c2cc(B3OC(C)(C)C(C)(C)O3)c(C(F)(F)F)cc2F)cc1. The molecule has 0 atom stereocenters. The number of hydrogen-bond acceptors (Lipinski definition) is 5. The quantitative estimate of drug-likeness (QED) is 0.243. The molecule has 0 radical (unpaired) electrons. The zero-order chi connectivity index (χ0) is 28.6. The first-order valence-electron chi connectivity index (χ1n) is 12.5. The minimum absolute atomic E-state index is 0.000603. The van der Waals surface area contributed by atoms with Gasteiger partial charge in [-0.2, -0.15) is 13.2 Å². The Balaban J connectivity index is 1.80. The van der Waals surface area contributed by atoms with Crippen molar-refractivity contribution in [2.45, 2.75) is 58.2 Å². The summed E-state index contributed by atoms with van der Waals surface area (Å²) in [6.07, 6.45) is -4.81. The highest BCUT2D eigenvalue weighted by molar-refractivity contribution is 6.62. The highest BCUT2D eigenvalue weighted by atomic mass is 19.4. The molecule has 0 bridgehead atoms. The number of anilines is 1. The van der Waals surface area contributed by atoms with Crippen LogP contribution >= 0.6 is 0 Å². The van der Waals surface area contributed by atoms with E-state index in [1.54, 1.807) is 71.1 Å². The lowest BCUT2D eigenvalue weighted by atomic mass is 9.75. The van der Waals surface area contributed by atoms with Crippen molar-refractivity contribution in [2.75, 3.05) is 19.1 Å². The van der Waals surface area contributed by atoms with Gasteiger partial charge in [-0.05, 0) is 80.7 Å². The van der Waals surface area contributed by atoms with Crippen LogP contribution in [0.2, 0.25) is 0 Å². The number of alkyl halides is 3. The molecule has 1 fully saturated rings. The normalized spacial score (nSPS) is 16.3. The minimum Gasteiger partial charge on any atom is -0.497 e. The van der Waals surface area contributed by atoms with Crippen LogP contribution in [-0.2, 0) is 28.6 Å². The fraction of sp³-hybridized carbons (Fsp3) is 0.379. The van der Waals surface area contributed by atoms with Gasteiger partial charge in [-0.15, -0.1) is 0 Å². The molecule has 1 heterocycles. The molecule has 3 aromatic carbocycles. The van der Waals surface area contributed by atoms with Crippen molar-refractivity contribution >= 4 is 18.3 Å². The Bertz CT molecular complexity index is 1230. The summed E-state index contributed by atoms with van der Waals surface area (Å²) >= 11 is 0. The molecule has 39 heavy (non-hydrogen) atoms. The van der Waals surface area contributed by atoms with Crippen LogP contribution in [0.3, 0.4) is 0 Å². The molecule has 0 N–H and O–H groups in total. The van der Waals surface area contributed by atoms with Gasteiger partial charge in [-0.1, -0.05) is 24.3 Å². The summed E-state index contributed by atoms with van der Waals surface area (Å²) in [4.78, 5) is 1.69. The second-order valence-electron chi connectivity index (χ2n) is 10.5. The second-order valence-corrected chi connectivity index (χ2v) is 10.5. The molecular formula is C29H32BF4NO4. The van der Waals surface area contributed by atoms with Crippen LogP contribution in [0.25, 0.3) is 0 Å². The van der Waals surface area contributed by atoms with E-state index in [1.165, 1.54) is 6.07 Å². The van der Waals surface area contributed by atoms with Crippen LogP contribution in [0, 0.1) is 5.82 Å². The van der Waals surface area contributed by atoms with Gasteiger partial charge in [0.25, 0.3) is 0 Å². The maximum absolute atomic E-state index is 15.6. The van der Waals surface area contributed by atoms with Crippen molar-refractivity contribution in [3.8, 4) is 11.5 Å². The largest absolute Gasteiger partial charge is 0.497 e. The van der Waals surface area contributed by atoms with Gasteiger partial charge in [-0.3, -0.25) is 0 Å². The molecule has 5 nitrogen and oxygen atoms in total. The van der Waals surface area contributed by atoms with Crippen LogP contribution < -0.4 is 19.8 Å². The lowest BCUT2D eigenvalue weighted by molar-refractivity contribution is -0.137. The van der Waals surface area contributed by atoms with Gasteiger partial charge < -0.3 is 23.7 Å². The fourth-order valence-corrected chi connectivity index (χ4v) is 4.36. The highest BCUT2D eigenvalue weighted by Gasteiger charge is 2.54. The lowest BCUT2D eigenvalue weighted by Gasteiger charge is -2.32. The van der Waals surface area contributed by atoms with E-state index in [2.05, 4.69) is 0 Å². The molecule has 1 saturated heterocycles. The minimum atomic E-state index is -4.81. The van der Waals surface area contributed by atoms with Crippen LogP contribution in [0.5, 0.6) is 11.5 Å². The summed E-state index contributed by atoms with van der Waals surface area (Å²) < 4.78 is 80.3. The molecule has 1 aliphatic rings. The first kappa shape index (κ1) is 28.8. The summed E-state index contributed by atoms with van der Waals surface area (Å²) in [7, 11) is 1.79. The highest BCUT2D eigenvalue weighted by Crippen LogP contribution is 2.39. The molecule has 10 heteroatoms. The third kappa shape index (κ3) is 6.17. The lowest BCUT2D eigenvalue weighted by Crippen LogP contribution is -2.41. The average Bonchev–Trinajstić information content (AvgIpc) is 3.10. The Kier molecular flexibility index (Phi) is 7.92. The molecule has 208 valence electrons. The van der Waals surface area contributed by atoms with E-state index < -0.39 is 35.9 Å². The molecular weight excluding hydrogens is 513 g/mol. The van der Waals surface area contributed by atoms with Crippen molar-refractivity contribution in [2.24, 2.45) is 0 Å². The number of nitrogens with zero attached hydrogens (tertiary/aromatic N) is 1. The van der Waals surface area contributed by atoms with E-state index in [0.717, 1.165) is 11.1 Å². The van der Waals surface area contributed by atoms with Crippen LogP contribution in [-0.4, -0.2) is 32.5 Å². The molecule has 4 rings (SSSR count). The second kappa shape index (κ2) is 10.7. The fourth-order valence-electron chi connectivity index (χ4n) is 4.36. The number of hydrogen-bond donors (Lipinski definition) is 0. The van der Waals surface area contributed by atoms with E-state index >= 15 is 4.39 Å². The van der Waals surface area contributed by atoms with Gasteiger partial charge in [0.05, 0.1) is 36.7 Å². The van der Waals surface area contributed by atoms with Gasteiger partial charge in [-0.25, -0.2) is 4.39 Å². The van der Waals surface area contributed by atoms with E-state index in [9.17, 15) is 13.2 Å². The van der Waals surface area contributed by atoms with Crippen LogP contribution in [0.15, 0.2) is 60.7 Å². The number of rotatable bonds is 8. The number of methoxy groups -OCH3 is 2. The first-order valence-corrected chi connectivity index (χ1v) is 12.5. The molecule has 0 aliphatic carbocycles. The third-order valence-corrected chi connectivity index (χ3v) is 7.34. The predicted octanol–water partition coefficient (Wildman–Crippen LogP) is 6.37. The van der Waals surface area contributed by atoms with E-state index in [0.29, 0.717) is 17.6 Å². The van der Waals surface area contributed by atoms with Gasteiger partial charge >= 0.3 is 13.3 Å². The first-order chi connectivity index (χ1) is 18.2. The predicted molar refractivity (Wildman–Crippen MR) is 143 cm³/mol. The number of halogens is 4. The standard InChI is InChI=1S/C29H32BF4NO4/c1-27(2)28(3,4)39-30(38-27)24-16-26(25(31)15-23(24)29(32,33)34)35(17-19-7-11-21(36-5)12-8-19)18-20-9-13-22(37-6)14-10-20/h7-16H,17-18H2,1-6H3. The van der Waals surface area contributed by atoms with E-state index in [1.807, 2.05) is 24.3 Å². The van der Waals surface area contributed by atoms with Crippen molar-refractivity contribution in [1.29, 1.82) is 0 Å². The van der Waals surface area contributed by atoms with Crippen molar-refractivity contribution in [3.05, 3.63) is 83.2 Å². The van der Waals surface area contributed by atoms with Gasteiger partial charge in [0.15, 0.2) is 0 Å². The van der Waals surface area contributed by atoms with Gasteiger partial charge in [0, 0.05) is 13.1 Å². The summed E-state index contributed by atoms with van der Waals surface area (Å²) in [5, 5.41) is 0. The zero-order valence-corrected chi connectivity index (χ0v) is 22.9. The monoisotopic (exact) mass is 545 g/mol. The maximum Gasteiger partial charge on any atom is 0.495 e. The molecule has 3 aromatic rings. The smallest absolute Gasteiger partial charge is 0.495 e. The van der Waals surface area contributed by atoms with Crippen molar-refractivity contribution in [3.63, 3.8) is 0 Å². The number of benzene rings is 3. The van der Waals surface area contributed by atoms with Crippen LogP contribution in [0.4, 0.5) is 23.2 Å². The Labute approximate surface area is 226 Å². The Hall–Kier alpha value is -3.24. The van der Waals surface area contributed by atoms with Gasteiger partial charge in [0.2, 0.25) is 0 Å². The molecule has 0 amide bonds. The van der Waals surface area contributed by atoms with E-state index in [-0.39, 0.29) is 24.2 Å². The Morgan fingerprint density at radius 1 is 0.769 bits per heavy atom. The molecule has 0 spiro atoms. The molecule has 0 aromatic heterocycles. The topological polar surface area (TPSA) is 40.2 Å². The third-order valence-electron chi connectivity index (χ3n) is 7.34. The van der Waals surface area contributed by atoms with E-state index in [4.69, 9.17) is 18.8 Å². The van der Waals surface area contributed by atoms with Crippen LogP contribution in [0.1, 0.15) is 44.4 Å².